The summed E-state index contributed by atoms with van der Waals surface area (Å²) in [6.07, 6.45) is 0.697. The molecule has 1 aromatic rings. The molecule has 0 unspecified atom stereocenters. The minimum absolute atomic E-state index is 0.247. The highest BCUT2D eigenvalue weighted by Crippen LogP contribution is 2.06. The van der Waals surface area contributed by atoms with Crippen LogP contribution in [0.2, 0.25) is 0 Å². The number of amides is 2. The van der Waals surface area contributed by atoms with Crippen molar-refractivity contribution in [2.24, 2.45) is 0 Å². The van der Waals surface area contributed by atoms with Crippen LogP contribution in [0.4, 0.5) is 4.79 Å². The minimum atomic E-state index is -0.537. The van der Waals surface area contributed by atoms with Crippen molar-refractivity contribution in [3.8, 4) is 0 Å². The molecule has 0 atom stereocenters. The van der Waals surface area contributed by atoms with Crippen LogP contribution >= 0.6 is 0 Å². The maximum Gasteiger partial charge on any atom is 0.407 e. The number of carbonyl (C=O) groups excluding carboxylic acids is 2. The molecule has 7 nitrogen and oxygen atoms in total. The first kappa shape index (κ1) is 15.0. The zero-order chi connectivity index (χ0) is 14.5. The van der Waals surface area contributed by atoms with Crippen molar-refractivity contribution in [1.29, 1.82) is 0 Å². The highest BCUT2D eigenvalue weighted by atomic mass is 16.6. The van der Waals surface area contributed by atoms with Crippen LogP contribution in [0.15, 0.2) is 10.8 Å². The largest absolute Gasteiger partial charge is 0.448 e. The molecule has 7 heteroatoms. The summed E-state index contributed by atoms with van der Waals surface area (Å²) >= 11 is 0. The standard InChI is InChI=1S/C12H19N3O4/c1-8-9(15-7-18-8)10(16)13-5-6-14-11(17)19-12(2,3)4/h7H,5-6H2,1-4H3,(H,13,16)(H,14,17). The zero-order valence-electron chi connectivity index (χ0n) is 11.6. The molecule has 0 fully saturated rings. The van der Waals surface area contributed by atoms with Crippen LogP contribution in [0.3, 0.4) is 0 Å². The Morgan fingerprint density at radius 2 is 1.95 bits per heavy atom. The molecule has 0 saturated carbocycles. The summed E-state index contributed by atoms with van der Waals surface area (Å²) in [5, 5.41) is 5.15. The van der Waals surface area contributed by atoms with Gasteiger partial charge in [-0.1, -0.05) is 0 Å². The fourth-order valence-corrected chi connectivity index (χ4v) is 1.26. The van der Waals surface area contributed by atoms with E-state index >= 15 is 0 Å². The Morgan fingerprint density at radius 1 is 1.32 bits per heavy atom. The Bertz CT molecular complexity index is 448. The first-order valence-corrected chi connectivity index (χ1v) is 5.95. The van der Waals surface area contributed by atoms with Crippen LogP contribution in [0.5, 0.6) is 0 Å². The summed E-state index contributed by atoms with van der Waals surface area (Å²) in [6.45, 7) is 7.55. The molecule has 0 radical (unpaired) electrons. The molecule has 0 aliphatic carbocycles. The van der Waals surface area contributed by atoms with Gasteiger partial charge in [0.2, 0.25) is 0 Å². The van der Waals surface area contributed by atoms with Gasteiger partial charge in [0.15, 0.2) is 12.1 Å². The summed E-state index contributed by atoms with van der Waals surface area (Å²) in [6, 6.07) is 0. The highest BCUT2D eigenvalue weighted by Gasteiger charge is 2.16. The fourth-order valence-electron chi connectivity index (χ4n) is 1.26. The second-order valence-corrected chi connectivity index (χ2v) is 4.94. The van der Waals surface area contributed by atoms with Crippen LogP contribution in [-0.2, 0) is 4.74 Å². The lowest BCUT2D eigenvalue weighted by molar-refractivity contribution is 0.0526. The molecule has 2 N–H and O–H groups in total. The molecule has 1 heterocycles. The third kappa shape index (κ3) is 5.41. The highest BCUT2D eigenvalue weighted by molar-refractivity contribution is 5.93. The van der Waals surface area contributed by atoms with Crippen molar-refractivity contribution in [2.75, 3.05) is 13.1 Å². The number of nitrogens with one attached hydrogen (secondary N) is 2. The molecule has 2 amide bonds. The Balaban J connectivity index is 2.23. The number of hydrogen-bond donors (Lipinski definition) is 2. The average molecular weight is 269 g/mol. The monoisotopic (exact) mass is 269 g/mol. The van der Waals surface area contributed by atoms with Gasteiger partial charge < -0.3 is 19.8 Å². The summed E-state index contributed by atoms with van der Waals surface area (Å²) < 4.78 is 9.97. The lowest BCUT2D eigenvalue weighted by Gasteiger charge is -2.19. The van der Waals surface area contributed by atoms with Crippen LogP contribution in [0.1, 0.15) is 37.0 Å². The number of nitrogens with zero attached hydrogens (tertiary/aromatic N) is 1. The predicted octanol–water partition coefficient (Wildman–Crippen LogP) is 1.24. The number of aryl methyl sites for hydroxylation is 1. The second kappa shape index (κ2) is 6.21. The molecule has 0 aliphatic heterocycles. The van der Waals surface area contributed by atoms with Crippen molar-refractivity contribution in [2.45, 2.75) is 33.3 Å². The number of alkyl carbamates (subject to hydrolysis) is 1. The van der Waals surface area contributed by atoms with Crippen molar-refractivity contribution < 1.29 is 18.7 Å². The minimum Gasteiger partial charge on any atom is -0.448 e. The molecule has 106 valence electrons. The van der Waals surface area contributed by atoms with E-state index in [0.717, 1.165) is 0 Å². The van der Waals surface area contributed by atoms with Crippen LogP contribution in [-0.4, -0.2) is 35.7 Å². The Hall–Kier alpha value is -2.05. The van der Waals surface area contributed by atoms with Gasteiger partial charge >= 0.3 is 6.09 Å². The van der Waals surface area contributed by atoms with Crippen molar-refractivity contribution in [3.05, 3.63) is 17.8 Å². The quantitative estimate of drug-likeness (QED) is 0.802. The summed E-state index contributed by atoms with van der Waals surface area (Å²) in [7, 11) is 0. The maximum absolute atomic E-state index is 11.6. The normalized spacial score (nSPS) is 10.9. The van der Waals surface area contributed by atoms with E-state index in [4.69, 9.17) is 9.15 Å². The van der Waals surface area contributed by atoms with E-state index in [-0.39, 0.29) is 24.7 Å². The van der Waals surface area contributed by atoms with Crippen molar-refractivity contribution in [3.63, 3.8) is 0 Å². The number of aromatic nitrogens is 1. The second-order valence-electron chi connectivity index (χ2n) is 4.94. The summed E-state index contributed by atoms with van der Waals surface area (Å²) in [4.78, 5) is 26.7. The van der Waals surface area contributed by atoms with Crippen molar-refractivity contribution in [1.82, 2.24) is 15.6 Å². The lowest BCUT2D eigenvalue weighted by Crippen LogP contribution is -2.38. The van der Waals surface area contributed by atoms with Crippen LogP contribution < -0.4 is 10.6 Å². The number of hydrogen-bond acceptors (Lipinski definition) is 5. The number of ether oxygens (including phenoxy) is 1. The Labute approximate surface area is 111 Å². The van der Waals surface area contributed by atoms with E-state index in [2.05, 4.69) is 15.6 Å². The van der Waals surface area contributed by atoms with Crippen molar-refractivity contribution >= 4 is 12.0 Å². The Kier molecular flexibility index (Phi) is 4.91. The molecule has 0 spiro atoms. The SMILES string of the molecule is Cc1ocnc1C(=O)NCCNC(=O)OC(C)(C)C. The third-order valence-corrected chi connectivity index (χ3v) is 2.04. The van der Waals surface area contributed by atoms with E-state index in [1.807, 2.05) is 0 Å². The Morgan fingerprint density at radius 3 is 2.47 bits per heavy atom. The summed E-state index contributed by atoms with van der Waals surface area (Å²) in [5.74, 6) is 0.120. The number of carbonyl (C=O) groups is 2. The molecule has 0 aliphatic rings. The van der Waals surface area contributed by atoms with E-state index in [1.54, 1.807) is 27.7 Å². The first-order valence-electron chi connectivity index (χ1n) is 5.95. The average Bonchev–Trinajstić information content (AvgIpc) is 2.68. The fraction of sp³-hybridized carbons (Fsp3) is 0.583. The molecule has 1 rings (SSSR count). The number of oxazole rings is 1. The van der Waals surface area contributed by atoms with Gasteiger partial charge in [-0.05, 0) is 27.7 Å². The lowest BCUT2D eigenvalue weighted by atomic mass is 10.2. The smallest absolute Gasteiger partial charge is 0.407 e. The molecule has 0 saturated heterocycles. The van der Waals surface area contributed by atoms with E-state index in [0.29, 0.717) is 5.76 Å². The third-order valence-electron chi connectivity index (χ3n) is 2.04. The van der Waals surface area contributed by atoms with Crippen LogP contribution in [0, 0.1) is 6.92 Å². The van der Waals surface area contributed by atoms with Crippen LogP contribution in [0.25, 0.3) is 0 Å². The van der Waals surface area contributed by atoms with Gasteiger partial charge in [-0.3, -0.25) is 4.79 Å². The predicted molar refractivity (Wildman–Crippen MR) is 67.8 cm³/mol. The van der Waals surface area contributed by atoms with Gasteiger partial charge in [0.05, 0.1) is 0 Å². The molecule has 19 heavy (non-hydrogen) atoms. The first-order chi connectivity index (χ1) is 8.79. The number of rotatable bonds is 4. The molecule has 0 bridgehead atoms. The molecule has 0 aromatic carbocycles. The van der Waals surface area contributed by atoms with E-state index < -0.39 is 11.7 Å². The maximum atomic E-state index is 11.6. The van der Waals surface area contributed by atoms with E-state index in [1.165, 1.54) is 6.39 Å². The topological polar surface area (TPSA) is 93.5 Å². The van der Waals surface area contributed by atoms with Gasteiger partial charge in [0.25, 0.3) is 5.91 Å². The van der Waals surface area contributed by atoms with Gasteiger partial charge in [-0.15, -0.1) is 0 Å². The zero-order valence-corrected chi connectivity index (χ0v) is 11.6. The van der Waals surface area contributed by atoms with Gasteiger partial charge in [-0.25, -0.2) is 9.78 Å². The van der Waals surface area contributed by atoms with E-state index in [9.17, 15) is 9.59 Å². The molecule has 1 aromatic heterocycles. The summed E-state index contributed by atoms with van der Waals surface area (Å²) in [5.41, 5.74) is -0.289. The van der Waals surface area contributed by atoms with Gasteiger partial charge in [-0.2, -0.15) is 0 Å². The van der Waals surface area contributed by atoms with Gasteiger partial charge in [0.1, 0.15) is 11.4 Å². The van der Waals surface area contributed by atoms with Gasteiger partial charge in [0, 0.05) is 13.1 Å². The molecular formula is C12H19N3O4. The molecular weight excluding hydrogens is 250 g/mol.